The molecule has 0 spiro atoms. The molecule has 3 heterocycles. The van der Waals surface area contributed by atoms with E-state index in [2.05, 4.69) is 45.9 Å². The van der Waals surface area contributed by atoms with E-state index >= 15 is 0 Å². The van der Waals surface area contributed by atoms with Gasteiger partial charge in [-0.05, 0) is 98.0 Å². The standard InChI is InChI=1S/C42H52N6O6/c1-41(2,3)35(46-39(51)53-7)38(50)48-20-10-14-34(48)36-43-25-33(45-36)30-18-17-28-21-27(15-16-29(28)22-30)26-11-8-12-31(23-26)37(49)44-24-32-13-9-19-47(32)40(52)54-42(4,5)6/h8,11-12,15-18,21-23,25,32,34-35H,9-10,13-14,19-20,24H2,1-7H3,(H,43,45)(H,44,49)(H,46,51)/t32-,34-,35+/m0/s1. The van der Waals surface area contributed by atoms with E-state index in [1.165, 1.54) is 7.11 Å². The Morgan fingerprint density at radius 2 is 1.54 bits per heavy atom. The van der Waals surface area contributed by atoms with Gasteiger partial charge in [0.1, 0.15) is 17.5 Å². The van der Waals surface area contributed by atoms with Crippen molar-refractivity contribution in [3.8, 4) is 22.4 Å². The lowest BCUT2D eigenvalue weighted by Gasteiger charge is -2.35. The molecule has 0 unspecified atom stereocenters. The molecule has 2 saturated heterocycles. The number of ether oxygens (including phenoxy) is 2. The summed E-state index contributed by atoms with van der Waals surface area (Å²) in [4.78, 5) is 63.5. The average molecular weight is 737 g/mol. The maximum atomic E-state index is 13.8. The lowest BCUT2D eigenvalue weighted by molar-refractivity contribution is -0.137. The number of nitrogens with zero attached hydrogens (tertiary/aromatic N) is 3. The van der Waals surface area contributed by atoms with Crippen LogP contribution in [0.2, 0.25) is 0 Å². The number of imidazole rings is 1. The maximum absolute atomic E-state index is 13.8. The molecule has 3 aromatic carbocycles. The fourth-order valence-corrected chi connectivity index (χ4v) is 7.31. The Labute approximate surface area is 317 Å². The number of rotatable bonds is 8. The van der Waals surface area contributed by atoms with Crippen molar-refractivity contribution in [2.24, 2.45) is 5.41 Å². The average Bonchev–Trinajstić information content (AvgIpc) is 3.92. The number of aromatic amines is 1. The maximum Gasteiger partial charge on any atom is 0.410 e. The molecule has 2 fully saturated rings. The molecule has 2 aliphatic rings. The summed E-state index contributed by atoms with van der Waals surface area (Å²) in [6.45, 7) is 12.9. The largest absolute Gasteiger partial charge is 0.453 e. The van der Waals surface area contributed by atoms with Gasteiger partial charge in [0.05, 0.1) is 31.1 Å². The van der Waals surface area contributed by atoms with Crippen LogP contribution in [0.15, 0.2) is 66.9 Å². The zero-order valence-corrected chi connectivity index (χ0v) is 32.3. The molecule has 6 rings (SSSR count). The number of likely N-dealkylation sites (tertiary alicyclic amines) is 2. The molecule has 1 aromatic heterocycles. The number of carbonyl (C=O) groups is 4. The monoisotopic (exact) mass is 736 g/mol. The van der Waals surface area contributed by atoms with Gasteiger partial charge in [-0.15, -0.1) is 0 Å². The van der Waals surface area contributed by atoms with Gasteiger partial charge in [-0.3, -0.25) is 9.59 Å². The van der Waals surface area contributed by atoms with Crippen molar-refractivity contribution in [3.63, 3.8) is 0 Å². The van der Waals surface area contributed by atoms with E-state index in [1.807, 2.05) is 70.7 Å². The molecule has 54 heavy (non-hydrogen) atoms. The Hall–Kier alpha value is -5.39. The summed E-state index contributed by atoms with van der Waals surface area (Å²) in [7, 11) is 1.29. The number of hydrogen-bond acceptors (Lipinski definition) is 7. The van der Waals surface area contributed by atoms with E-state index < -0.39 is 23.2 Å². The van der Waals surface area contributed by atoms with Gasteiger partial charge in [0.2, 0.25) is 5.91 Å². The first-order valence-corrected chi connectivity index (χ1v) is 18.7. The van der Waals surface area contributed by atoms with E-state index in [0.717, 1.165) is 58.8 Å². The number of carbonyl (C=O) groups excluding carboxylic acids is 4. The highest BCUT2D eigenvalue weighted by molar-refractivity contribution is 5.96. The zero-order chi connectivity index (χ0) is 38.8. The van der Waals surface area contributed by atoms with Crippen LogP contribution in [-0.2, 0) is 14.3 Å². The third-order valence-electron chi connectivity index (χ3n) is 10.1. The Kier molecular flexibility index (Phi) is 11.0. The van der Waals surface area contributed by atoms with Gasteiger partial charge in [0.25, 0.3) is 5.91 Å². The van der Waals surface area contributed by atoms with Crippen LogP contribution in [0.1, 0.15) is 89.4 Å². The highest BCUT2D eigenvalue weighted by atomic mass is 16.6. The van der Waals surface area contributed by atoms with Crippen molar-refractivity contribution in [3.05, 3.63) is 78.2 Å². The van der Waals surface area contributed by atoms with Crippen molar-refractivity contribution in [2.45, 2.75) is 91.0 Å². The molecule has 3 atom stereocenters. The molecule has 4 amide bonds. The number of benzene rings is 3. The summed E-state index contributed by atoms with van der Waals surface area (Å²) >= 11 is 0. The minimum Gasteiger partial charge on any atom is -0.453 e. The smallest absolute Gasteiger partial charge is 0.410 e. The Morgan fingerprint density at radius 1 is 0.870 bits per heavy atom. The van der Waals surface area contributed by atoms with Gasteiger partial charge in [-0.1, -0.05) is 57.2 Å². The van der Waals surface area contributed by atoms with E-state index in [9.17, 15) is 19.2 Å². The van der Waals surface area contributed by atoms with Crippen LogP contribution >= 0.6 is 0 Å². The van der Waals surface area contributed by atoms with Gasteiger partial charge in [0, 0.05) is 30.8 Å². The summed E-state index contributed by atoms with van der Waals surface area (Å²) in [6, 6.07) is 18.9. The summed E-state index contributed by atoms with van der Waals surface area (Å²) in [5.74, 6) is 0.371. The van der Waals surface area contributed by atoms with E-state index in [0.29, 0.717) is 31.0 Å². The molecule has 12 nitrogen and oxygen atoms in total. The van der Waals surface area contributed by atoms with Crippen LogP contribution in [0.3, 0.4) is 0 Å². The van der Waals surface area contributed by atoms with Crippen LogP contribution in [-0.4, -0.2) is 88.2 Å². The molecule has 3 N–H and O–H groups in total. The SMILES string of the molecule is COC(=O)N[C@H](C(=O)N1CCC[C@H]1c1ncc(-c2ccc3cc(-c4cccc(C(=O)NC[C@@H]5CCCN5C(=O)OC(C)(C)C)c4)ccc3c2)[nH]1)C(C)(C)C. The van der Waals surface area contributed by atoms with E-state index in [1.54, 1.807) is 17.2 Å². The lowest BCUT2D eigenvalue weighted by Crippen LogP contribution is -2.54. The summed E-state index contributed by atoms with van der Waals surface area (Å²) in [5.41, 5.74) is 3.19. The number of H-pyrrole nitrogens is 1. The molecule has 2 aliphatic heterocycles. The summed E-state index contributed by atoms with van der Waals surface area (Å²) < 4.78 is 10.4. The highest BCUT2D eigenvalue weighted by Gasteiger charge is 2.41. The predicted molar refractivity (Wildman–Crippen MR) is 208 cm³/mol. The number of methoxy groups -OCH3 is 1. The first-order chi connectivity index (χ1) is 25.6. The molecule has 0 aliphatic carbocycles. The van der Waals surface area contributed by atoms with Crippen LogP contribution in [0.5, 0.6) is 0 Å². The number of nitrogens with one attached hydrogen (secondary N) is 3. The summed E-state index contributed by atoms with van der Waals surface area (Å²) in [5, 5.41) is 7.86. The fourth-order valence-electron chi connectivity index (χ4n) is 7.31. The second kappa shape index (κ2) is 15.5. The van der Waals surface area contributed by atoms with E-state index in [4.69, 9.17) is 14.5 Å². The van der Waals surface area contributed by atoms with Crippen molar-refractivity contribution in [1.82, 2.24) is 30.4 Å². The van der Waals surface area contributed by atoms with Crippen LogP contribution in [0.4, 0.5) is 9.59 Å². The van der Waals surface area contributed by atoms with E-state index in [-0.39, 0.29) is 30.0 Å². The Balaban J connectivity index is 1.13. The molecule has 0 saturated carbocycles. The molecular formula is C42H52N6O6. The number of fused-ring (bicyclic) bond motifs is 1. The number of alkyl carbamates (subject to hydrolysis) is 1. The van der Waals surface area contributed by atoms with Crippen molar-refractivity contribution in [1.29, 1.82) is 0 Å². The fraction of sp³-hybridized carbons (Fsp3) is 0.452. The van der Waals surface area contributed by atoms with Crippen molar-refractivity contribution >= 4 is 34.8 Å². The van der Waals surface area contributed by atoms with Crippen LogP contribution < -0.4 is 10.6 Å². The lowest BCUT2D eigenvalue weighted by atomic mass is 9.85. The van der Waals surface area contributed by atoms with Gasteiger partial charge in [-0.2, -0.15) is 0 Å². The Bertz CT molecular complexity index is 2030. The van der Waals surface area contributed by atoms with Crippen molar-refractivity contribution < 1.29 is 28.7 Å². The highest BCUT2D eigenvalue weighted by Crippen LogP contribution is 2.35. The second-order valence-corrected chi connectivity index (χ2v) is 16.3. The van der Waals surface area contributed by atoms with Gasteiger partial charge in [0.15, 0.2) is 0 Å². The number of amides is 4. The zero-order valence-electron chi connectivity index (χ0n) is 32.3. The van der Waals surface area contributed by atoms with Crippen molar-refractivity contribution in [2.75, 3.05) is 26.7 Å². The quantitative estimate of drug-likeness (QED) is 0.170. The first kappa shape index (κ1) is 38.3. The van der Waals surface area contributed by atoms with Crippen LogP contribution in [0.25, 0.3) is 33.2 Å². The molecule has 0 radical (unpaired) electrons. The molecular weight excluding hydrogens is 684 g/mol. The predicted octanol–water partition coefficient (Wildman–Crippen LogP) is 7.46. The van der Waals surface area contributed by atoms with Gasteiger partial charge in [-0.25, -0.2) is 14.6 Å². The molecule has 0 bridgehead atoms. The van der Waals surface area contributed by atoms with Crippen LogP contribution in [0, 0.1) is 5.41 Å². The topological polar surface area (TPSA) is 146 Å². The molecule has 286 valence electrons. The Morgan fingerprint density at radius 3 is 2.24 bits per heavy atom. The third-order valence-corrected chi connectivity index (χ3v) is 10.1. The molecule has 12 heteroatoms. The first-order valence-electron chi connectivity index (χ1n) is 18.7. The number of aromatic nitrogens is 2. The minimum atomic E-state index is -0.745. The summed E-state index contributed by atoms with van der Waals surface area (Å²) in [6.07, 6.45) is 4.12. The molecule has 4 aromatic rings. The second-order valence-electron chi connectivity index (χ2n) is 16.3. The van der Waals surface area contributed by atoms with Gasteiger partial charge >= 0.3 is 12.2 Å². The van der Waals surface area contributed by atoms with Gasteiger partial charge < -0.3 is 34.9 Å². The minimum absolute atomic E-state index is 0.102. The normalized spacial score (nSPS) is 18.1. The number of hydrogen-bond donors (Lipinski definition) is 3. The third kappa shape index (κ3) is 8.69.